The van der Waals surface area contributed by atoms with Gasteiger partial charge in [0.25, 0.3) is 0 Å². The van der Waals surface area contributed by atoms with E-state index in [0.717, 1.165) is 11.3 Å². The molecule has 0 N–H and O–H groups in total. The molecule has 0 fully saturated rings. The molecule has 0 aliphatic heterocycles. The second-order valence-corrected chi connectivity index (χ2v) is 4.86. The monoisotopic (exact) mass is 256 g/mol. The molecule has 17 heavy (non-hydrogen) atoms. The summed E-state index contributed by atoms with van der Waals surface area (Å²) < 4.78 is 10.6. The van der Waals surface area contributed by atoms with Crippen LogP contribution in [0.2, 0.25) is 0 Å². The maximum atomic E-state index is 11.9. The Bertz CT molecular complexity index is 340. The lowest BCUT2D eigenvalue weighted by Crippen LogP contribution is -2.28. The zero-order valence-corrected chi connectivity index (χ0v) is 11.5. The summed E-state index contributed by atoms with van der Waals surface area (Å²) in [6, 6.07) is 4.08. The SMILES string of the molecule is CCOC(OCC)C(=O)Cc1ccc(CC)s1. The Labute approximate surface area is 107 Å². The molecule has 0 aliphatic rings. The maximum absolute atomic E-state index is 11.9. The third kappa shape index (κ3) is 4.58. The van der Waals surface area contributed by atoms with Crippen LogP contribution >= 0.6 is 11.3 Å². The average molecular weight is 256 g/mol. The Balaban J connectivity index is 2.56. The minimum absolute atomic E-state index is 0.00166. The van der Waals surface area contributed by atoms with Gasteiger partial charge in [-0.25, -0.2) is 0 Å². The second-order valence-electron chi connectivity index (χ2n) is 3.61. The number of carbonyl (C=O) groups is 1. The number of carbonyl (C=O) groups excluding carboxylic acids is 1. The fourth-order valence-corrected chi connectivity index (χ4v) is 2.47. The van der Waals surface area contributed by atoms with Crippen LogP contribution in [-0.4, -0.2) is 25.3 Å². The van der Waals surface area contributed by atoms with Gasteiger partial charge in [0.05, 0.1) is 0 Å². The van der Waals surface area contributed by atoms with Crippen LogP contribution in [0.4, 0.5) is 0 Å². The van der Waals surface area contributed by atoms with Crippen LogP contribution in [-0.2, 0) is 27.1 Å². The normalized spacial score (nSPS) is 11.1. The molecule has 0 bridgehead atoms. The zero-order chi connectivity index (χ0) is 12.7. The van der Waals surface area contributed by atoms with E-state index in [1.807, 2.05) is 19.9 Å². The Morgan fingerprint density at radius 1 is 1.18 bits per heavy atom. The third-order valence-electron chi connectivity index (χ3n) is 2.31. The van der Waals surface area contributed by atoms with Gasteiger partial charge in [0, 0.05) is 29.4 Å². The van der Waals surface area contributed by atoms with Crippen LogP contribution in [0.25, 0.3) is 0 Å². The van der Waals surface area contributed by atoms with Crippen molar-refractivity contribution in [2.45, 2.75) is 39.9 Å². The Morgan fingerprint density at radius 3 is 2.24 bits per heavy atom. The first kappa shape index (κ1) is 14.4. The first-order valence-corrected chi connectivity index (χ1v) is 6.86. The molecule has 1 heterocycles. The molecule has 0 atom stereocenters. The zero-order valence-electron chi connectivity index (χ0n) is 10.7. The highest BCUT2D eigenvalue weighted by Gasteiger charge is 2.19. The molecule has 0 spiro atoms. The number of rotatable bonds is 8. The summed E-state index contributed by atoms with van der Waals surface area (Å²) in [6.07, 6.45) is 0.700. The van der Waals surface area contributed by atoms with E-state index in [0.29, 0.717) is 19.6 Å². The molecular weight excluding hydrogens is 236 g/mol. The van der Waals surface area contributed by atoms with Crippen molar-refractivity contribution in [2.24, 2.45) is 0 Å². The van der Waals surface area contributed by atoms with Crippen molar-refractivity contribution in [1.29, 1.82) is 0 Å². The van der Waals surface area contributed by atoms with Gasteiger partial charge in [0.1, 0.15) is 0 Å². The second kappa shape index (κ2) is 7.58. The van der Waals surface area contributed by atoms with Crippen LogP contribution in [0, 0.1) is 0 Å². The number of thiophene rings is 1. The van der Waals surface area contributed by atoms with Gasteiger partial charge < -0.3 is 9.47 Å². The van der Waals surface area contributed by atoms with E-state index in [1.54, 1.807) is 11.3 Å². The van der Waals surface area contributed by atoms with Crippen molar-refractivity contribution in [1.82, 2.24) is 0 Å². The molecule has 0 aliphatic carbocycles. The van der Waals surface area contributed by atoms with Gasteiger partial charge in [-0.3, -0.25) is 4.79 Å². The molecule has 1 rings (SSSR count). The first-order valence-electron chi connectivity index (χ1n) is 6.04. The molecule has 1 aromatic heterocycles. The third-order valence-corrected chi connectivity index (χ3v) is 3.54. The summed E-state index contributed by atoms with van der Waals surface area (Å²) in [5.74, 6) is -0.00166. The first-order chi connectivity index (χ1) is 8.21. The fourth-order valence-electron chi connectivity index (χ4n) is 1.50. The largest absolute Gasteiger partial charge is 0.346 e. The average Bonchev–Trinajstić information content (AvgIpc) is 2.76. The molecule has 0 unspecified atom stereocenters. The van der Waals surface area contributed by atoms with Crippen molar-refractivity contribution >= 4 is 17.1 Å². The Kier molecular flexibility index (Phi) is 6.40. The van der Waals surface area contributed by atoms with Gasteiger partial charge in [-0.2, -0.15) is 0 Å². The predicted molar refractivity (Wildman–Crippen MR) is 69.4 cm³/mol. The molecule has 0 saturated heterocycles. The smallest absolute Gasteiger partial charge is 0.218 e. The summed E-state index contributed by atoms with van der Waals surface area (Å²) in [4.78, 5) is 14.3. The lowest BCUT2D eigenvalue weighted by Gasteiger charge is -2.14. The van der Waals surface area contributed by atoms with E-state index in [-0.39, 0.29) is 5.78 Å². The number of hydrogen-bond acceptors (Lipinski definition) is 4. The molecule has 0 amide bonds. The van der Waals surface area contributed by atoms with Gasteiger partial charge in [-0.15, -0.1) is 11.3 Å². The van der Waals surface area contributed by atoms with E-state index in [2.05, 4.69) is 13.0 Å². The molecule has 0 radical (unpaired) electrons. The van der Waals surface area contributed by atoms with E-state index in [4.69, 9.17) is 9.47 Å². The summed E-state index contributed by atoms with van der Waals surface area (Å²) in [7, 11) is 0. The fraction of sp³-hybridized carbons (Fsp3) is 0.615. The maximum Gasteiger partial charge on any atom is 0.218 e. The predicted octanol–water partition coefficient (Wildman–Crippen LogP) is 2.82. The van der Waals surface area contributed by atoms with Gasteiger partial charge in [0.15, 0.2) is 5.78 Å². The Morgan fingerprint density at radius 2 is 1.76 bits per heavy atom. The summed E-state index contributed by atoms with van der Waals surface area (Å²) >= 11 is 1.68. The van der Waals surface area contributed by atoms with Gasteiger partial charge in [-0.05, 0) is 32.4 Å². The molecular formula is C13H20O3S. The summed E-state index contributed by atoms with van der Waals surface area (Å²) in [5, 5.41) is 0. The molecule has 1 aromatic rings. The van der Waals surface area contributed by atoms with E-state index >= 15 is 0 Å². The molecule has 3 nitrogen and oxygen atoms in total. The number of hydrogen-bond donors (Lipinski definition) is 0. The van der Waals surface area contributed by atoms with Crippen molar-refractivity contribution < 1.29 is 14.3 Å². The van der Waals surface area contributed by atoms with Crippen LogP contribution in [0.3, 0.4) is 0 Å². The summed E-state index contributed by atoms with van der Waals surface area (Å²) in [5.41, 5.74) is 0. The quantitative estimate of drug-likeness (QED) is 0.671. The highest BCUT2D eigenvalue weighted by molar-refractivity contribution is 7.12. The van der Waals surface area contributed by atoms with E-state index in [1.165, 1.54) is 4.88 Å². The van der Waals surface area contributed by atoms with Crippen molar-refractivity contribution in [3.05, 3.63) is 21.9 Å². The summed E-state index contributed by atoms with van der Waals surface area (Å²) in [6.45, 7) is 6.81. The van der Waals surface area contributed by atoms with Crippen molar-refractivity contribution in [2.75, 3.05) is 13.2 Å². The van der Waals surface area contributed by atoms with E-state index in [9.17, 15) is 4.79 Å². The lowest BCUT2D eigenvalue weighted by molar-refractivity contribution is -0.167. The van der Waals surface area contributed by atoms with E-state index < -0.39 is 6.29 Å². The van der Waals surface area contributed by atoms with Crippen LogP contribution in [0.15, 0.2) is 12.1 Å². The number of Topliss-reactive ketones (excluding diaryl/α,β-unsaturated/α-hetero) is 1. The van der Waals surface area contributed by atoms with Crippen molar-refractivity contribution in [3.63, 3.8) is 0 Å². The standard InChI is InChI=1S/C13H20O3S/c1-4-10-7-8-11(17-10)9-12(14)13(15-5-2)16-6-3/h7-8,13H,4-6,9H2,1-3H3. The van der Waals surface area contributed by atoms with Crippen molar-refractivity contribution in [3.8, 4) is 0 Å². The topological polar surface area (TPSA) is 35.5 Å². The highest BCUT2D eigenvalue weighted by atomic mass is 32.1. The molecule has 4 heteroatoms. The lowest BCUT2D eigenvalue weighted by atomic mass is 10.2. The number of aryl methyl sites for hydroxylation is 1. The van der Waals surface area contributed by atoms with Crippen LogP contribution < -0.4 is 0 Å². The van der Waals surface area contributed by atoms with Crippen LogP contribution in [0.1, 0.15) is 30.5 Å². The van der Waals surface area contributed by atoms with Gasteiger partial charge in [-0.1, -0.05) is 6.92 Å². The van der Waals surface area contributed by atoms with Gasteiger partial charge in [0.2, 0.25) is 6.29 Å². The minimum atomic E-state index is -0.711. The highest BCUT2D eigenvalue weighted by Crippen LogP contribution is 2.18. The van der Waals surface area contributed by atoms with Crippen LogP contribution in [0.5, 0.6) is 0 Å². The molecule has 0 saturated carbocycles. The minimum Gasteiger partial charge on any atom is -0.346 e. The van der Waals surface area contributed by atoms with Gasteiger partial charge >= 0.3 is 0 Å². The molecule has 96 valence electrons. The number of ketones is 1. The Hall–Kier alpha value is -0.710. The number of ether oxygens (including phenoxy) is 2. The molecule has 0 aromatic carbocycles.